The van der Waals surface area contributed by atoms with Crippen molar-refractivity contribution < 1.29 is 9.32 Å². The van der Waals surface area contributed by atoms with E-state index in [4.69, 9.17) is 4.52 Å². The number of nitrogens with one attached hydrogen (secondary N) is 1. The predicted octanol–water partition coefficient (Wildman–Crippen LogP) is 0.364. The van der Waals surface area contributed by atoms with Gasteiger partial charge in [-0.3, -0.25) is 4.79 Å². The summed E-state index contributed by atoms with van der Waals surface area (Å²) in [6.45, 7) is 1.74. The first-order valence-electron chi connectivity index (χ1n) is 4.26. The van der Waals surface area contributed by atoms with Crippen LogP contribution in [0.2, 0.25) is 0 Å². The maximum absolute atomic E-state index is 11.5. The van der Waals surface area contributed by atoms with Gasteiger partial charge in [-0.1, -0.05) is 5.16 Å². The van der Waals surface area contributed by atoms with Crippen LogP contribution >= 0.6 is 0 Å². The smallest absolute Gasteiger partial charge is 0.279 e. The van der Waals surface area contributed by atoms with Crippen LogP contribution < -0.4 is 5.32 Å². The van der Waals surface area contributed by atoms with Crippen LogP contribution in [0.4, 0.5) is 5.82 Å². The van der Waals surface area contributed by atoms with Gasteiger partial charge in [-0.05, 0) is 6.92 Å². The van der Waals surface area contributed by atoms with E-state index in [0.29, 0.717) is 11.6 Å². The van der Waals surface area contributed by atoms with E-state index < -0.39 is 0 Å². The Kier molecular flexibility index (Phi) is 2.20. The van der Waals surface area contributed by atoms with Gasteiger partial charge >= 0.3 is 0 Å². The molecule has 0 aliphatic heterocycles. The van der Waals surface area contributed by atoms with E-state index in [1.165, 1.54) is 11.0 Å². The third-order valence-corrected chi connectivity index (χ3v) is 1.70. The minimum absolute atomic E-state index is 0.234. The van der Waals surface area contributed by atoms with Gasteiger partial charge in [0.1, 0.15) is 5.76 Å². The van der Waals surface area contributed by atoms with Crippen LogP contribution in [0.5, 0.6) is 0 Å². The molecule has 0 atom stereocenters. The van der Waals surface area contributed by atoms with E-state index in [0.717, 1.165) is 0 Å². The Hall–Kier alpha value is -2.18. The molecular weight excluding hydrogens is 198 g/mol. The van der Waals surface area contributed by atoms with Gasteiger partial charge in [-0.15, -0.1) is 5.10 Å². The van der Waals surface area contributed by atoms with Crippen LogP contribution in [0.15, 0.2) is 16.8 Å². The molecule has 15 heavy (non-hydrogen) atoms. The van der Waals surface area contributed by atoms with Gasteiger partial charge in [-0.2, -0.15) is 9.90 Å². The average Bonchev–Trinajstić information content (AvgIpc) is 2.75. The lowest BCUT2D eigenvalue weighted by molar-refractivity contribution is 0.102. The highest BCUT2D eigenvalue weighted by Crippen LogP contribution is 2.07. The lowest BCUT2D eigenvalue weighted by atomic mass is 10.4. The molecule has 0 aromatic carbocycles. The van der Waals surface area contributed by atoms with Crippen LogP contribution in [0.25, 0.3) is 0 Å². The number of hydrogen-bond donors (Lipinski definition) is 1. The fourth-order valence-corrected chi connectivity index (χ4v) is 1.06. The van der Waals surface area contributed by atoms with Gasteiger partial charge in [0.2, 0.25) is 0 Å². The Bertz CT molecular complexity index is 487. The third kappa shape index (κ3) is 2.01. The van der Waals surface area contributed by atoms with Crippen molar-refractivity contribution in [1.82, 2.24) is 20.2 Å². The molecule has 2 heterocycles. The molecule has 7 nitrogen and oxygen atoms in total. The molecule has 78 valence electrons. The molecule has 0 radical (unpaired) electrons. The second-order valence-electron chi connectivity index (χ2n) is 3.00. The van der Waals surface area contributed by atoms with E-state index in [1.807, 2.05) is 0 Å². The van der Waals surface area contributed by atoms with E-state index in [-0.39, 0.29) is 11.6 Å². The molecule has 0 spiro atoms. The van der Waals surface area contributed by atoms with Crippen molar-refractivity contribution in [3.63, 3.8) is 0 Å². The number of carbonyl (C=O) groups excluding carboxylic acids is 1. The van der Waals surface area contributed by atoms with Crippen LogP contribution in [-0.4, -0.2) is 26.1 Å². The maximum Gasteiger partial charge on any atom is 0.279 e. The number of aromatic nitrogens is 4. The Morgan fingerprint density at radius 1 is 1.60 bits per heavy atom. The van der Waals surface area contributed by atoms with Gasteiger partial charge in [0.15, 0.2) is 11.5 Å². The average molecular weight is 207 g/mol. The first-order chi connectivity index (χ1) is 7.15. The first-order valence-corrected chi connectivity index (χ1v) is 4.26. The van der Waals surface area contributed by atoms with Gasteiger partial charge in [-0.25, -0.2) is 0 Å². The van der Waals surface area contributed by atoms with E-state index in [1.54, 1.807) is 20.0 Å². The summed E-state index contributed by atoms with van der Waals surface area (Å²) in [5, 5.41) is 13.8. The molecule has 0 unspecified atom stereocenters. The summed E-state index contributed by atoms with van der Waals surface area (Å²) in [4.78, 5) is 12.8. The zero-order valence-corrected chi connectivity index (χ0v) is 8.26. The fraction of sp³-hybridized carbons (Fsp3) is 0.250. The van der Waals surface area contributed by atoms with Gasteiger partial charge in [0.05, 0.1) is 6.20 Å². The maximum atomic E-state index is 11.5. The normalized spacial score (nSPS) is 10.3. The number of rotatable bonds is 2. The van der Waals surface area contributed by atoms with E-state index in [2.05, 4.69) is 20.7 Å². The third-order valence-electron chi connectivity index (χ3n) is 1.70. The summed E-state index contributed by atoms with van der Waals surface area (Å²) in [7, 11) is 1.64. The minimum atomic E-state index is -0.364. The number of amides is 1. The second-order valence-corrected chi connectivity index (χ2v) is 3.00. The summed E-state index contributed by atoms with van der Waals surface area (Å²) in [5.74, 6) is 0.629. The van der Waals surface area contributed by atoms with Crippen molar-refractivity contribution in [1.29, 1.82) is 0 Å². The zero-order valence-electron chi connectivity index (χ0n) is 8.26. The van der Waals surface area contributed by atoms with Gasteiger partial charge in [0.25, 0.3) is 5.91 Å². The molecule has 0 saturated carbocycles. The molecule has 7 heteroatoms. The van der Waals surface area contributed by atoms with Gasteiger partial charge in [0, 0.05) is 13.1 Å². The summed E-state index contributed by atoms with van der Waals surface area (Å²) in [6, 6.07) is 1.62. The van der Waals surface area contributed by atoms with E-state index in [9.17, 15) is 4.79 Å². The van der Waals surface area contributed by atoms with Crippen molar-refractivity contribution in [3.05, 3.63) is 23.7 Å². The molecule has 0 bridgehead atoms. The molecule has 0 saturated heterocycles. The molecule has 2 aromatic heterocycles. The highest BCUT2D eigenvalue weighted by Gasteiger charge is 2.11. The lowest BCUT2D eigenvalue weighted by Gasteiger charge is -1.94. The topological polar surface area (TPSA) is 85.8 Å². The standard InChI is InChI=1S/C8H9N5O2/c1-5-3-7(12-15-5)10-8(14)6-4-9-13(2)11-6/h3-4H,1-2H3,(H,10,12,14). The largest absolute Gasteiger partial charge is 0.360 e. The van der Waals surface area contributed by atoms with Crippen LogP contribution in [0.1, 0.15) is 16.2 Å². The first kappa shape index (κ1) is 9.38. The Morgan fingerprint density at radius 2 is 2.40 bits per heavy atom. The zero-order chi connectivity index (χ0) is 10.8. The van der Waals surface area contributed by atoms with Crippen molar-refractivity contribution in [2.45, 2.75) is 6.92 Å². The Morgan fingerprint density at radius 3 is 2.93 bits per heavy atom. The summed E-state index contributed by atoms with van der Waals surface area (Å²) >= 11 is 0. The fourth-order valence-electron chi connectivity index (χ4n) is 1.06. The number of anilines is 1. The molecular formula is C8H9N5O2. The minimum Gasteiger partial charge on any atom is -0.360 e. The van der Waals surface area contributed by atoms with Crippen LogP contribution in [0.3, 0.4) is 0 Å². The highest BCUT2D eigenvalue weighted by molar-refractivity contribution is 6.01. The number of aryl methyl sites for hydroxylation is 2. The quantitative estimate of drug-likeness (QED) is 0.768. The molecule has 0 aliphatic rings. The highest BCUT2D eigenvalue weighted by atomic mass is 16.5. The van der Waals surface area contributed by atoms with E-state index >= 15 is 0 Å². The molecule has 2 rings (SSSR count). The number of carbonyl (C=O) groups is 1. The monoisotopic (exact) mass is 207 g/mol. The summed E-state index contributed by atoms with van der Waals surface area (Å²) in [6.07, 6.45) is 1.38. The summed E-state index contributed by atoms with van der Waals surface area (Å²) in [5.41, 5.74) is 0.234. The molecule has 0 aliphatic carbocycles. The SMILES string of the molecule is Cc1cc(NC(=O)c2cnn(C)n2)no1. The second kappa shape index (κ2) is 3.52. The Balaban J connectivity index is 2.10. The predicted molar refractivity (Wildman–Crippen MR) is 50.2 cm³/mol. The molecule has 2 aromatic rings. The molecule has 1 N–H and O–H groups in total. The molecule has 0 fully saturated rings. The molecule has 1 amide bonds. The van der Waals surface area contributed by atoms with Crippen molar-refractivity contribution >= 4 is 11.7 Å². The lowest BCUT2D eigenvalue weighted by Crippen LogP contribution is -2.13. The Labute approximate surface area is 85.1 Å². The van der Waals surface area contributed by atoms with Crippen molar-refractivity contribution in [2.24, 2.45) is 7.05 Å². The van der Waals surface area contributed by atoms with Crippen molar-refractivity contribution in [3.8, 4) is 0 Å². The van der Waals surface area contributed by atoms with Gasteiger partial charge < -0.3 is 9.84 Å². The van der Waals surface area contributed by atoms with Crippen LogP contribution in [-0.2, 0) is 7.05 Å². The number of hydrogen-bond acceptors (Lipinski definition) is 5. The number of nitrogens with zero attached hydrogens (tertiary/aromatic N) is 4. The summed E-state index contributed by atoms with van der Waals surface area (Å²) < 4.78 is 4.80. The van der Waals surface area contributed by atoms with Crippen molar-refractivity contribution in [2.75, 3.05) is 5.32 Å². The van der Waals surface area contributed by atoms with Crippen LogP contribution in [0, 0.1) is 6.92 Å².